The van der Waals surface area contributed by atoms with Crippen molar-refractivity contribution in [3.8, 4) is 0 Å². The van der Waals surface area contributed by atoms with Gasteiger partial charge in [-0.1, -0.05) is 27.2 Å². The van der Waals surface area contributed by atoms with Gasteiger partial charge in [-0.3, -0.25) is 4.90 Å². The van der Waals surface area contributed by atoms with Crippen LogP contribution in [0, 0.1) is 5.92 Å². The van der Waals surface area contributed by atoms with E-state index in [4.69, 9.17) is 4.74 Å². The van der Waals surface area contributed by atoms with Crippen molar-refractivity contribution in [2.24, 2.45) is 5.92 Å². The van der Waals surface area contributed by atoms with Gasteiger partial charge in [-0.2, -0.15) is 0 Å². The van der Waals surface area contributed by atoms with E-state index in [2.05, 4.69) is 38.0 Å². The molecule has 3 nitrogen and oxygen atoms in total. The molecule has 0 amide bonds. The lowest BCUT2D eigenvalue weighted by molar-refractivity contribution is 0.104. The summed E-state index contributed by atoms with van der Waals surface area (Å²) in [6.45, 7) is 13.7. The van der Waals surface area contributed by atoms with E-state index in [9.17, 15) is 0 Å². The van der Waals surface area contributed by atoms with Crippen LogP contribution in [-0.2, 0) is 4.74 Å². The average Bonchev–Trinajstić information content (AvgIpc) is 2.27. The van der Waals surface area contributed by atoms with Crippen molar-refractivity contribution in [1.29, 1.82) is 0 Å². The van der Waals surface area contributed by atoms with Crippen molar-refractivity contribution in [2.45, 2.75) is 46.6 Å². The third-order valence-electron chi connectivity index (χ3n) is 2.97. The van der Waals surface area contributed by atoms with Crippen LogP contribution in [-0.4, -0.2) is 50.8 Å². The molecule has 0 aromatic rings. The summed E-state index contributed by atoms with van der Waals surface area (Å²) in [6, 6.07) is 0.638. The van der Waals surface area contributed by atoms with Crippen LogP contribution in [0.2, 0.25) is 0 Å². The molecule has 104 valence electrons. The summed E-state index contributed by atoms with van der Waals surface area (Å²) >= 11 is 0. The standard InChI is InChI=1S/C14H32N2O/c1-6-8-14(12-15-11-13(3)4)16(5)9-10-17-7-2/h13-15H,6-12H2,1-5H3. The number of hydrogen-bond donors (Lipinski definition) is 1. The van der Waals surface area contributed by atoms with E-state index in [0.717, 1.165) is 38.8 Å². The number of nitrogens with one attached hydrogen (secondary N) is 1. The maximum Gasteiger partial charge on any atom is 0.0593 e. The van der Waals surface area contributed by atoms with Gasteiger partial charge in [0.1, 0.15) is 0 Å². The molecule has 0 rings (SSSR count). The fourth-order valence-corrected chi connectivity index (χ4v) is 1.89. The summed E-state index contributed by atoms with van der Waals surface area (Å²) in [7, 11) is 2.20. The maximum atomic E-state index is 5.41. The first-order valence-corrected chi connectivity index (χ1v) is 7.10. The minimum absolute atomic E-state index is 0.638. The van der Waals surface area contributed by atoms with Crippen molar-refractivity contribution in [3.63, 3.8) is 0 Å². The zero-order chi connectivity index (χ0) is 13.1. The van der Waals surface area contributed by atoms with Crippen molar-refractivity contribution in [1.82, 2.24) is 10.2 Å². The molecule has 0 aromatic heterocycles. The molecule has 3 heteroatoms. The molecule has 0 aliphatic carbocycles. The third kappa shape index (κ3) is 9.57. The minimum atomic E-state index is 0.638. The predicted molar refractivity (Wildman–Crippen MR) is 75.5 cm³/mol. The summed E-state index contributed by atoms with van der Waals surface area (Å²) in [4.78, 5) is 2.42. The number of ether oxygens (including phenoxy) is 1. The zero-order valence-electron chi connectivity index (χ0n) is 12.5. The second-order valence-corrected chi connectivity index (χ2v) is 5.17. The Balaban J connectivity index is 3.84. The van der Waals surface area contributed by atoms with Crippen molar-refractivity contribution in [2.75, 3.05) is 39.9 Å². The smallest absolute Gasteiger partial charge is 0.0593 e. The minimum Gasteiger partial charge on any atom is -0.380 e. The third-order valence-corrected chi connectivity index (χ3v) is 2.97. The first-order valence-electron chi connectivity index (χ1n) is 7.10. The SMILES string of the molecule is CCCC(CNCC(C)C)N(C)CCOCC. The largest absolute Gasteiger partial charge is 0.380 e. The molecule has 1 atom stereocenters. The Kier molecular flexibility index (Phi) is 10.9. The Hall–Kier alpha value is -0.120. The monoisotopic (exact) mass is 244 g/mol. The molecule has 0 saturated carbocycles. The van der Waals surface area contributed by atoms with Gasteiger partial charge >= 0.3 is 0 Å². The zero-order valence-corrected chi connectivity index (χ0v) is 12.5. The normalized spacial score (nSPS) is 13.6. The van der Waals surface area contributed by atoms with Crippen LogP contribution in [0.1, 0.15) is 40.5 Å². The highest BCUT2D eigenvalue weighted by Gasteiger charge is 2.13. The van der Waals surface area contributed by atoms with Crippen LogP contribution < -0.4 is 5.32 Å². The first-order chi connectivity index (χ1) is 8.11. The predicted octanol–water partition coefficient (Wildman–Crippen LogP) is 2.37. The first kappa shape index (κ1) is 16.9. The molecule has 0 radical (unpaired) electrons. The van der Waals surface area contributed by atoms with E-state index >= 15 is 0 Å². The molecule has 0 saturated heterocycles. The van der Waals surface area contributed by atoms with Gasteiger partial charge in [0.2, 0.25) is 0 Å². The quantitative estimate of drug-likeness (QED) is 0.565. The highest BCUT2D eigenvalue weighted by atomic mass is 16.5. The summed E-state index contributed by atoms with van der Waals surface area (Å²) in [5, 5.41) is 3.56. The van der Waals surface area contributed by atoms with Gasteiger partial charge < -0.3 is 10.1 Å². The number of nitrogens with zero attached hydrogens (tertiary/aromatic N) is 1. The van der Waals surface area contributed by atoms with Crippen LogP contribution in [0.4, 0.5) is 0 Å². The Morgan fingerprint density at radius 2 is 1.88 bits per heavy atom. The molecular formula is C14H32N2O. The van der Waals surface area contributed by atoms with E-state index in [1.807, 2.05) is 6.92 Å². The Morgan fingerprint density at radius 1 is 1.18 bits per heavy atom. The number of rotatable bonds is 11. The van der Waals surface area contributed by atoms with E-state index in [0.29, 0.717) is 6.04 Å². The molecule has 0 aromatic carbocycles. The molecule has 0 aliphatic heterocycles. The van der Waals surface area contributed by atoms with Gasteiger partial charge in [-0.15, -0.1) is 0 Å². The van der Waals surface area contributed by atoms with Crippen LogP contribution >= 0.6 is 0 Å². The van der Waals surface area contributed by atoms with E-state index in [1.165, 1.54) is 12.8 Å². The molecular weight excluding hydrogens is 212 g/mol. The lowest BCUT2D eigenvalue weighted by Gasteiger charge is -2.28. The lowest BCUT2D eigenvalue weighted by Crippen LogP contribution is -2.42. The molecule has 0 fully saturated rings. The van der Waals surface area contributed by atoms with Crippen LogP contribution in [0.5, 0.6) is 0 Å². The molecule has 0 heterocycles. The average molecular weight is 244 g/mol. The fraction of sp³-hybridized carbons (Fsp3) is 1.00. The van der Waals surface area contributed by atoms with E-state index < -0.39 is 0 Å². The molecule has 1 unspecified atom stereocenters. The second kappa shape index (κ2) is 11.0. The van der Waals surface area contributed by atoms with Crippen LogP contribution in [0.3, 0.4) is 0 Å². The van der Waals surface area contributed by atoms with E-state index in [-0.39, 0.29) is 0 Å². The topological polar surface area (TPSA) is 24.5 Å². The van der Waals surface area contributed by atoms with Gasteiger partial charge in [0, 0.05) is 25.7 Å². The number of hydrogen-bond acceptors (Lipinski definition) is 3. The van der Waals surface area contributed by atoms with Crippen LogP contribution in [0.25, 0.3) is 0 Å². The molecule has 1 N–H and O–H groups in total. The summed E-state index contributed by atoms with van der Waals surface area (Å²) in [6.07, 6.45) is 2.50. The Bertz CT molecular complexity index is 162. The van der Waals surface area contributed by atoms with Gasteiger partial charge in [-0.25, -0.2) is 0 Å². The van der Waals surface area contributed by atoms with Crippen molar-refractivity contribution in [3.05, 3.63) is 0 Å². The highest BCUT2D eigenvalue weighted by molar-refractivity contribution is 4.71. The fourth-order valence-electron chi connectivity index (χ4n) is 1.89. The van der Waals surface area contributed by atoms with E-state index in [1.54, 1.807) is 0 Å². The Morgan fingerprint density at radius 3 is 2.41 bits per heavy atom. The van der Waals surface area contributed by atoms with Crippen molar-refractivity contribution < 1.29 is 4.74 Å². The highest BCUT2D eigenvalue weighted by Crippen LogP contribution is 2.04. The van der Waals surface area contributed by atoms with Gasteiger partial charge in [-0.05, 0) is 32.9 Å². The summed E-state index contributed by atoms with van der Waals surface area (Å²) < 4.78 is 5.41. The van der Waals surface area contributed by atoms with Crippen molar-refractivity contribution >= 4 is 0 Å². The second-order valence-electron chi connectivity index (χ2n) is 5.17. The molecule has 0 aliphatic rings. The Labute approximate surface area is 108 Å². The molecule has 17 heavy (non-hydrogen) atoms. The summed E-state index contributed by atoms with van der Waals surface area (Å²) in [5.41, 5.74) is 0. The van der Waals surface area contributed by atoms with Crippen LogP contribution in [0.15, 0.2) is 0 Å². The lowest BCUT2D eigenvalue weighted by atomic mass is 10.1. The van der Waals surface area contributed by atoms with Gasteiger partial charge in [0.25, 0.3) is 0 Å². The van der Waals surface area contributed by atoms with Gasteiger partial charge in [0.15, 0.2) is 0 Å². The number of likely N-dealkylation sites (N-methyl/N-ethyl adjacent to an activating group) is 1. The molecule has 0 bridgehead atoms. The van der Waals surface area contributed by atoms with Gasteiger partial charge in [0.05, 0.1) is 6.61 Å². The molecule has 0 spiro atoms. The maximum absolute atomic E-state index is 5.41. The summed E-state index contributed by atoms with van der Waals surface area (Å²) in [5.74, 6) is 0.728.